The molecule has 0 saturated carbocycles. The van der Waals surface area contributed by atoms with Crippen LogP contribution in [0.4, 0.5) is 5.69 Å². The lowest BCUT2D eigenvalue weighted by molar-refractivity contribution is -0.141. The van der Waals surface area contributed by atoms with E-state index >= 15 is 0 Å². The lowest BCUT2D eigenvalue weighted by Crippen LogP contribution is -2.45. The van der Waals surface area contributed by atoms with Crippen LogP contribution in [-0.2, 0) is 4.79 Å². The van der Waals surface area contributed by atoms with E-state index in [9.17, 15) is 15.0 Å². The molecule has 0 aliphatic carbocycles. The number of ether oxygens (including phenoxy) is 2. The van der Waals surface area contributed by atoms with Crippen molar-refractivity contribution in [2.24, 2.45) is 0 Å². The Balaban J connectivity index is 1.78. The third-order valence-corrected chi connectivity index (χ3v) is 5.52. The van der Waals surface area contributed by atoms with E-state index < -0.39 is 18.1 Å². The van der Waals surface area contributed by atoms with Gasteiger partial charge in [-0.2, -0.15) is 0 Å². The molecule has 168 valence electrons. The van der Waals surface area contributed by atoms with Crippen LogP contribution in [0.5, 0.6) is 11.5 Å². The molecule has 2 N–H and O–H groups in total. The van der Waals surface area contributed by atoms with Gasteiger partial charge in [-0.05, 0) is 36.6 Å². The number of thiol groups is 1. The molecular formula is C25H27NO5S. The molecule has 6 nitrogen and oxygen atoms in total. The fraction of sp³-hybridized carbons (Fsp3) is 0.240. The van der Waals surface area contributed by atoms with Crippen LogP contribution in [0, 0.1) is 0 Å². The van der Waals surface area contributed by atoms with Crippen molar-refractivity contribution in [1.29, 1.82) is 0 Å². The van der Waals surface area contributed by atoms with Gasteiger partial charge in [0.25, 0.3) is 0 Å². The highest BCUT2D eigenvalue weighted by Crippen LogP contribution is 2.41. The van der Waals surface area contributed by atoms with Crippen LogP contribution >= 0.6 is 12.8 Å². The van der Waals surface area contributed by atoms with Gasteiger partial charge >= 0.3 is 5.97 Å². The number of carboxylic acids is 1. The molecule has 0 aliphatic heterocycles. The molecule has 0 bridgehead atoms. The van der Waals surface area contributed by atoms with Crippen molar-refractivity contribution in [3.8, 4) is 22.6 Å². The maximum absolute atomic E-state index is 12.1. The van der Waals surface area contributed by atoms with Crippen molar-refractivity contribution in [2.45, 2.75) is 25.0 Å². The van der Waals surface area contributed by atoms with Crippen molar-refractivity contribution >= 4 is 24.5 Å². The van der Waals surface area contributed by atoms with E-state index in [1.54, 1.807) is 6.07 Å². The van der Waals surface area contributed by atoms with Crippen LogP contribution in [0.2, 0.25) is 0 Å². The van der Waals surface area contributed by atoms with E-state index in [4.69, 9.17) is 9.47 Å². The first-order chi connectivity index (χ1) is 15.5. The lowest BCUT2D eigenvalue weighted by atomic mass is 10.0. The average Bonchev–Trinajstić information content (AvgIpc) is 2.82. The second kappa shape index (κ2) is 11.5. The summed E-state index contributed by atoms with van der Waals surface area (Å²) in [5.41, 5.74) is 2.12. The predicted octanol–water partition coefficient (Wildman–Crippen LogP) is 4.69. The Morgan fingerprint density at radius 1 is 1.00 bits per heavy atom. The van der Waals surface area contributed by atoms with Gasteiger partial charge in [-0.25, -0.2) is 4.79 Å². The molecule has 2 atom stereocenters. The molecule has 0 spiro atoms. The number of hydrogen-bond acceptors (Lipinski definition) is 6. The number of carboxylic acid groups (broad SMARTS) is 1. The van der Waals surface area contributed by atoms with Gasteiger partial charge in [-0.1, -0.05) is 73.5 Å². The Morgan fingerprint density at radius 3 is 2.28 bits per heavy atom. The average molecular weight is 454 g/mol. The summed E-state index contributed by atoms with van der Waals surface area (Å²) in [4.78, 5) is 12.1. The van der Waals surface area contributed by atoms with Gasteiger partial charge in [-0.3, -0.25) is 4.31 Å². The minimum atomic E-state index is -1.28. The van der Waals surface area contributed by atoms with Crippen LogP contribution in [0.15, 0.2) is 78.9 Å². The third-order valence-electron chi connectivity index (χ3n) is 5.07. The monoisotopic (exact) mass is 453 g/mol. The van der Waals surface area contributed by atoms with Gasteiger partial charge < -0.3 is 19.7 Å². The number of para-hydroxylation sites is 2. The maximum Gasteiger partial charge on any atom is 0.330 e. The number of benzene rings is 3. The summed E-state index contributed by atoms with van der Waals surface area (Å²) < 4.78 is 12.4. The number of rotatable bonds is 11. The summed E-state index contributed by atoms with van der Waals surface area (Å²) in [6, 6.07) is 23.1. The van der Waals surface area contributed by atoms with Crippen LogP contribution in [0.1, 0.15) is 12.8 Å². The van der Waals surface area contributed by atoms with Crippen LogP contribution in [-0.4, -0.2) is 42.0 Å². The quantitative estimate of drug-likeness (QED) is 0.289. The van der Waals surface area contributed by atoms with Gasteiger partial charge in [0.1, 0.15) is 11.5 Å². The summed E-state index contributed by atoms with van der Waals surface area (Å²) >= 11 is 4.52. The Morgan fingerprint density at radius 2 is 1.66 bits per heavy atom. The zero-order chi connectivity index (χ0) is 22.9. The number of anilines is 1. The topological polar surface area (TPSA) is 79.2 Å². The van der Waals surface area contributed by atoms with Crippen molar-refractivity contribution in [3.05, 3.63) is 78.9 Å². The molecule has 3 rings (SSSR count). The first kappa shape index (κ1) is 23.5. The van der Waals surface area contributed by atoms with Crippen LogP contribution in [0.3, 0.4) is 0 Å². The predicted molar refractivity (Wildman–Crippen MR) is 128 cm³/mol. The molecular weight excluding hydrogens is 426 g/mol. The molecule has 0 saturated heterocycles. The standard InChI is InChI=1S/C25H27NO5S/c1-30-22-16-8-14-20(18-10-4-2-5-11-18)23(22)26(32)24(25(28)29)21(27)15-9-17-31-19-12-6-3-7-13-19/h2-8,10-14,16,21,24,27,32H,9,15,17H2,1H3,(H,28,29)/t21-,24+/m0/s1. The summed E-state index contributed by atoms with van der Waals surface area (Å²) in [5, 5.41) is 20.7. The maximum atomic E-state index is 12.1. The lowest BCUT2D eigenvalue weighted by Gasteiger charge is -2.31. The van der Waals surface area contributed by atoms with Gasteiger partial charge in [0.2, 0.25) is 0 Å². The number of methoxy groups -OCH3 is 1. The van der Waals surface area contributed by atoms with E-state index in [1.165, 1.54) is 11.4 Å². The molecule has 3 aromatic rings. The number of hydrogen-bond donors (Lipinski definition) is 3. The second-order valence-electron chi connectivity index (χ2n) is 7.22. The van der Waals surface area contributed by atoms with Crippen molar-refractivity contribution in [2.75, 3.05) is 18.0 Å². The van der Waals surface area contributed by atoms with Gasteiger partial charge in [0, 0.05) is 5.56 Å². The Kier molecular flexibility index (Phi) is 8.41. The van der Waals surface area contributed by atoms with Crippen LogP contribution in [0.25, 0.3) is 11.1 Å². The highest BCUT2D eigenvalue weighted by Gasteiger charge is 2.34. The molecule has 0 amide bonds. The van der Waals surface area contributed by atoms with Gasteiger partial charge in [-0.15, -0.1) is 0 Å². The van der Waals surface area contributed by atoms with Crippen molar-refractivity contribution < 1.29 is 24.5 Å². The zero-order valence-corrected chi connectivity index (χ0v) is 18.7. The number of aliphatic carboxylic acids is 1. The normalized spacial score (nSPS) is 12.6. The Bertz CT molecular complexity index is 1000. The Hall–Kier alpha value is -3.16. The number of nitrogens with zero attached hydrogens (tertiary/aromatic N) is 1. The van der Waals surface area contributed by atoms with E-state index in [0.717, 1.165) is 16.9 Å². The molecule has 3 aromatic carbocycles. The smallest absolute Gasteiger partial charge is 0.330 e. The fourth-order valence-electron chi connectivity index (χ4n) is 3.50. The minimum absolute atomic E-state index is 0.233. The third kappa shape index (κ3) is 5.75. The largest absolute Gasteiger partial charge is 0.495 e. The first-order valence-electron chi connectivity index (χ1n) is 10.3. The van der Waals surface area contributed by atoms with E-state index in [0.29, 0.717) is 24.5 Å². The summed E-state index contributed by atoms with van der Waals surface area (Å²) in [5.74, 6) is 0.0164. The SMILES string of the molecule is COc1cccc(-c2ccccc2)c1N(S)[C@@H](C(=O)O)[C@@H](O)CCCOc1ccccc1. The molecule has 0 heterocycles. The van der Waals surface area contributed by atoms with E-state index in [2.05, 4.69) is 12.8 Å². The highest BCUT2D eigenvalue weighted by atomic mass is 32.1. The molecule has 0 unspecified atom stereocenters. The van der Waals surface area contributed by atoms with E-state index in [-0.39, 0.29) is 6.42 Å². The van der Waals surface area contributed by atoms with Crippen molar-refractivity contribution in [1.82, 2.24) is 0 Å². The fourth-order valence-corrected chi connectivity index (χ4v) is 3.96. The van der Waals surface area contributed by atoms with Gasteiger partial charge in [0.15, 0.2) is 6.04 Å². The number of aliphatic hydroxyl groups is 1. The van der Waals surface area contributed by atoms with E-state index in [1.807, 2.05) is 72.8 Å². The molecule has 0 aliphatic rings. The van der Waals surface area contributed by atoms with Crippen molar-refractivity contribution in [3.63, 3.8) is 0 Å². The van der Waals surface area contributed by atoms with Crippen LogP contribution < -0.4 is 13.8 Å². The molecule has 32 heavy (non-hydrogen) atoms. The highest BCUT2D eigenvalue weighted by molar-refractivity contribution is 7.81. The molecule has 7 heteroatoms. The molecule has 0 fully saturated rings. The molecule has 0 radical (unpaired) electrons. The zero-order valence-electron chi connectivity index (χ0n) is 17.8. The molecule has 0 aromatic heterocycles. The summed E-state index contributed by atoms with van der Waals surface area (Å²) in [6.45, 7) is 0.365. The number of aliphatic hydroxyl groups excluding tert-OH is 1. The van der Waals surface area contributed by atoms with Gasteiger partial charge in [0.05, 0.1) is 25.5 Å². The summed E-state index contributed by atoms with van der Waals surface area (Å²) in [7, 11) is 1.52. The first-order valence-corrected chi connectivity index (χ1v) is 10.7. The Labute approximate surface area is 193 Å². The minimum Gasteiger partial charge on any atom is -0.495 e. The number of carbonyl (C=O) groups is 1. The summed E-state index contributed by atoms with van der Waals surface area (Å²) in [6.07, 6.45) is -0.451. The second-order valence-corrected chi connectivity index (χ2v) is 7.65.